The van der Waals surface area contributed by atoms with Crippen molar-refractivity contribution in [3.05, 3.63) is 39.7 Å². The molecule has 1 aliphatic heterocycles. The number of aliphatic hydroxyl groups excluding tert-OH is 1. The number of aromatic nitrogens is 1. The Balaban J connectivity index is 1.91. The Hall–Kier alpha value is -2.38. The zero-order valence-electron chi connectivity index (χ0n) is 12.6. The van der Waals surface area contributed by atoms with Gasteiger partial charge in [0.1, 0.15) is 11.3 Å². The lowest BCUT2D eigenvalue weighted by Crippen LogP contribution is -2.36. The van der Waals surface area contributed by atoms with Crippen LogP contribution in [0.25, 0.3) is 10.9 Å². The number of aliphatic hydroxyl groups is 1. The zero-order valence-corrected chi connectivity index (χ0v) is 12.6. The number of nitrogens with one attached hydrogen (secondary N) is 2. The Morgan fingerprint density at radius 2 is 2.09 bits per heavy atom. The van der Waals surface area contributed by atoms with Crippen LogP contribution in [-0.4, -0.2) is 46.9 Å². The van der Waals surface area contributed by atoms with Crippen molar-refractivity contribution in [1.82, 2.24) is 15.2 Å². The van der Waals surface area contributed by atoms with Crippen molar-refractivity contribution in [2.45, 2.75) is 13.0 Å². The van der Waals surface area contributed by atoms with Gasteiger partial charge >= 0.3 is 0 Å². The van der Waals surface area contributed by atoms with Gasteiger partial charge in [-0.1, -0.05) is 12.1 Å². The van der Waals surface area contributed by atoms with E-state index < -0.39 is 11.5 Å². The van der Waals surface area contributed by atoms with E-state index in [0.29, 0.717) is 31.6 Å². The van der Waals surface area contributed by atoms with Gasteiger partial charge in [-0.15, -0.1) is 0 Å². The molecule has 0 bridgehead atoms. The lowest BCUT2D eigenvalue weighted by atomic mass is 10.1. The minimum Gasteiger partial charge on any atom is -0.506 e. The van der Waals surface area contributed by atoms with Crippen LogP contribution in [0, 0.1) is 0 Å². The predicted octanol–water partition coefficient (Wildman–Crippen LogP) is -0.425. The number of carbonyl (C=O) groups excluding carboxylic acids is 1. The summed E-state index contributed by atoms with van der Waals surface area (Å²) in [5.41, 5.74) is 1.06. The van der Waals surface area contributed by atoms with Gasteiger partial charge in [0.2, 0.25) is 0 Å². The molecule has 0 saturated heterocycles. The number of aromatic hydroxyl groups is 1. The van der Waals surface area contributed by atoms with Crippen molar-refractivity contribution in [3.63, 3.8) is 0 Å². The molecule has 0 radical (unpaired) electrons. The third-order valence-electron chi connectivity index (χ3n) is 4.05. The summed E-state index contributed by atoms with van der Waals surface area (Å²) in [5, 5.41) is 25.1. The smallest absolute Gasteiger partial charge is 0.267 e. The van der Waals surface area contributed by atoms with Gasteiger partial charge in [0.25, 0.3) is 11.5 Å². The van der Waals surface area contributed by atoms with Crippen molar-refractivity contribution in [3.8, 4) is 5.75 Å². The van der Waals surface area contributed by atoms with E-state index in [4.69, 9.17) is 5.11 Å². The average Bonchev–Trinajstić information content (AvgIpc) is 2.98. The Labute approximate surface area is 132 Å². The van der Waals surface area contributed by atoms with Gasteiger partial charge < -0.3 is 25.4 Å². The molecule has 1 aliphatic rings. The summed E-state index contributed by atoms with van der Waals surface area (Å²) in [5.74, 6) is -0.841. The molecule has 0 aliphatic carbocycles. The molecule has 1 amide bonds. The second-order valence-corrected chi connectivity index (χ2v) is 5.47. The molecular weight excluding hydrogens is 298 g/mol. The zero-order chi connectivity index (χ0) is 16.4. The molecule has 1 aromatic carbocycles. The number of benzene rings is 1. The Bertz CT molecular complexity index is 813. The molecule has 7 nitrogen and oxygen atoms in total. The molecule has 0 saturated carbocycles. The molecule has 0 unspecified atom stereocenters. The molecule has 1 aromatic heterocycles. The third kappa shape index (κ3) is 2.69. The van der Waals surface area contributed by atoms with Gasteiger partial charge in [0.15, 0.2) is 0 Å². The molecule has 2 aromatic rings. The molecule has 23 heavy (non-hydrogen) atoms. The topological polar surface area (TPSA) is 104 Å². The first-order valence-electron chi connectivity index (χ1n) is 7.62. The fraction of sp³-hybridized carbons (Fsp3) is 0.375. The van der Waals surface area contributed by atoms with Crippen LogP contribution in [0.2, 0.25) is 0 Å². The van der Waals surface area contributed by atoms with E-state index in [-0.39, 0.29) is 17.9 Å². The Morgan fingerprint density at radius 3 is 2.87 bits per heavy atom. The van der Waals surface area contributed by atoms with Crippen molar-refractivity contribution >= 4 is 16.8 Å². The van der Waals surface area contributed by atoms with Crippen LogP contribution >= 0.6 is 0 Å². The fourth-order valence-electron chi connectivity index (χ4n) is 2.98. The number of pyridine rings is 1. The maximum atomic E-state index is 12.5. The van der Waals surface area contributed by atoms with E-state index in [9.17, 15) is 14.7 Å². The summed E-state index contributed by atoms with van der Waals surface area (Å²) in [7, 11) is 0. The highest BCUT2D eigenvalue weighted by molar-refractivity contribution is 6.03. The number of para-hydroxylation sites is 1. The molecule has 0 spiro atoms. The molecule has 7 heteroatoms. The Kier molecular flexibility index (Phi) is 4.31. The van der Waals surface area contributed by atoms with Crippen molar-refractivity contribution < 1.29 is 15.0 Å². The number of hydrogen-bond donors (Lipinski definition) is 4. The van der Waals surface area contributed by atoms with Crippen molar-refractivity contribution in [1.29, 1.82) is 0 Å². The molecular formula is C16H19N3O4. The van der Waals surface area contributed by atoms with Gasteiger partial charge in [-0.25, -0.2) is 0 Å². The quantitative estimate of drug-likeness (QED) is 0.542. The van der Waals surface area contributed by atoms with E-state index >= 15 is 0 Å². The maximum Gasteiger partial charge on any atom is 0.267 e. The fourth-order valence-corrected chi connectivity index (χ4v) is 2.98. The SMILES string of the molecule is O=C(NCCNCCO)c1c(O)c2cccc3c2n(c1=O)CC3. The van der Waals surface area contributed by atoms with E-state index in [1.165, 1.54) is 0 Å². The number of rotatable bonds is 6. The highest BCUT2D eigenvalue weighted by atomic mass is 16.3. The minimum absolute atomic E-state index is 0.0203. The second-order valence-electron chi connectivity index (χ2n) is 5.47. The van der Waals surface area contributed by atoms with Crippen LogP contribution in [0.1, 0.15) is 15.9 Å². The molecule has 122 valence electrons. The first kappa shape index (κ1) is 15.5. The lowest BCUT2D eigenvalue weighted by Gasteiger charge is -2.11. The number of carbonyl (C=O) groups is 1. The van der Waals surface area contributed by atoms with Crippen LogP contribution in [0.15, 0.2) is 23.0 Å². The van der Waals surface area contributed by atoms with Gasteiger partial charge in [0, 0.05) is 31.6 Å². The van der Waals surface area contributed by atoms with E-state index in [0.717, 1.165) is 17.5 Å². The van der Waals surface area contributed by atoms with Gasteiger partial charge in [-0.2, -0.15) is 0 Å². The normalized spacial score (nSPS) is 12.7. The minimum atomic E-state index is -0.582. The summed E-state index contributed by atoms with van der Waals surface area (Å²) in [6.07, 6.45) is 0.724. The van der Waals surface area contributed by atoms with Gasteiger partial charge in [-0.05, 0) is 18.1 Å². The van der Waals surface area contributed by atoms with Crippen LogP contribution in [-0.2, 0) is 13.0 Å². The first-order chi connectivity index (χ1) is 11.1. The average molecular weight is 317 g/mol. The van der Waals surface area contributed by atoms with Crippen molar-refractivity contribution in [2.75, 3.05) is 26.2 Å². The highest BCUT2D eigenvalue weighted by Gasteiger charge is 2.25. The standard InChI is InChI=1S/C16H19N3O4/c20-9-7-17-5-6-18-15(22)12-14(21)11-3-1-2-10-4-8-19(13(10)11)16(12)23/h1-3,17,20-21H,4-9H2,(H,18,22). The Morgan fingerprint density at radius 1 is 1.26 bits per heavy atom. The number of hydrogen-bond acceptors (Lipinski definition) is 5. The van der Waals surface area contributed by atoms with Crippen LogP contribution in [0.4, 0.5) is 0 Å². The number of aryl methyl sites for hydroxylation is 2. The summed E-state index contributed by atoms with van der Waals surface area (Å²) >= 11 is 0. The molecule has 0 fully saturated rings. The molecule has 4 N–H and O–H groups in total. The largest absolute Gasteiger partial charge is 0.506 e. The monoisotopic (exact) mass is 317 g/mol. The van der Waals surface area contributed by atoms with E-state index in [1.54, 1.807) is 10.6 Å². The molecule has 2 heterocycles. The predicted molar refractivity (Wildman–Crippen MR) is 85.9 cm³/mol. The second kappa shape index (κ2) is 6.39. The number of nitrogens with zero attached hydrogens (tertiary/aromatic N) is 1. The molecule has 3 rings (SSSR count). The van der Waals surface area contributed by atoms with E-state index in [2.05, 4.69) is 10.6 Å². The summed E-state index contributed by atoms with van der Waals surface area (Å²) in [6.45, 7) is 1.75. The van der Waals surface area contributed by atoms with Crippen LogP contribution in [0.3, 0.4) is 0 Å². The summed E-state index contributed by atoms with van der Waals surface area (Å²) in [6, 6.07) is 5.46. The van der Waals surface area contributed by atoms with Crippen molar-refractivity contribution in [2.24, 2.45) is 0 Å². The van der Waals surface area contributed by atoms with Crippen LogP contribution < -0.4 is 16.2 Å². The van der Waals surface area contributed by atoms with E-state index in [1.807, 2.05) is 12.1 Å². The summed E-state index contributed by atoms with van der Waals surface area (Å²) < 4.78 is 1.56. The molecule has 0 atom stereocenters. The highest BCUT2D eigenvalue weighted by Crippen LogP contribution is 2.31. The summed E-state index contributed by atoms with van der Waals surface area (Å²) in [4.78, 5) is 24.8. The van der Waals surface area contributed by atoms with Gasteiger partial charge in [-0.3, -0.25) is 9.59 Å². The van der Waals surface area contributed by atoms with Gasteiger partial charge in [0.05, 0.1) is 12.1 Å². The third-order valence-corrected chi connectivity index (χ3v) is 4.05. The van der Waals surface area contributed by atoms with Crippen LogP contribution in [0.5, 0.6) is 5.75 Å². The lowest BCUT2D eigenvalue weighted by molar-refractivity contribution is 0.0949. The number of amides is 1. The first-order valence-corrected chi connectivity index (χ1v) is 7.62. The maximum absolute atomic E-state index is 12.5.